The summed E-state index contributed by atoms with van der Waals surface area (Å²) in [6.07, 6.45) is 6.37. The molecule has 1 aromatic carbocycles. The minimum atomic E-state index is 0.260. The van der Waals surface area contributed by atoms with Crippen molar-refractivity contribution in [1.29, 1.82) is 0 Å². The van der Waals surface area contributed by atoms with Crippen LogP contribution in [0, 0.1) is 12.8 Å². The number of aliphatic imine (C=N–C) groups is 1. The Hall–Kier alpha value is -3.67. The minimum absolute atomic E-state index is 0.260. The fourth-order valence-corrected chi connectivity index (χ4v) is 4.08. The van der Waals surface area contributed by atoms with Gasteiger partial charge in [0.1, 0.15) is 0 Å². The third kappa shape index (κ3) is 5.98. The van der Waals surface area contributed by atoms with E-state index in [2.05, 4.69) is 26.8 Å². The molecule has 1 fully saturated rings. The molecule has 4 rings (SSSR count). The monoisotopic (exact) mass is 440 g/mol. The Kier molecular flexibility index (Phi) is 7.03. The van der Waals surface area contributed by atoms with Gasteiger partial charge in [0.05, 0.1) is 24.1 Å². The summed E-state index contributed by atoms with van der Waals surface area (Å²) in [4.78, 5) is 38.9. The largest absolute Gasteiger partial charge is 0.363 e. The van der Waals surface area contributed by atoms with Gasteiger partial charge in [-0.3, -0.25) is 14.6 Å². The van der Waals surface area contributed by atoms with Crippen LogP contribution < -0.4 is 4.90 Å². The number of aromatic nitrogens is 2. The van der Waals surface area contributed by atoms with E-state index in [1.165, 1.54) is 0 Å². The Labute approximate surface area is 194 Å². The van der Waals surface area contributed by atoms with Crippen LogP contribution in [0.15, 0.2) is 65.9 Å². The van der Waals surface area contributed by atoms with Crippen molar-refractivity contribution in [3.8, 4) is 11.1 Å². The van der Waals surface area contributed by atoms with Crippen molar-refractivity contribution in [3.05, 3.63) is 72.2 Å². The average Bonchev–Trinajstić information content (AvgIpc) is 2.99. The molecule has 33 heavy (non-hydrogen) atoms. The van der Waals surface area contributed by atoms with Gasteiger partial charge in [0.25, 0.3) is 0 Å². The number of ketones is 1. The van der Waals surface area contributed by atoms with Crippen LogP contribution >= 0.6 is 0 Å². The van der Waals surface area contributed by atoms with Crippen LogP contribution in [0.5, 0.6) is 0 Å². The molecule has 3 aromatic rings. The van der Waals surface area contributed by atoms with Crippen LogP contribution in [0.1, 0.15) is 31.0 Å². The smallest absolute Gasteiger partial charge is 0.164 e. The Balaban J connectivity index is 1.44. The van der Waals surface area contributed by atoms with E-state index < -0.39 is 0 Å². The van der Waals surface area contributed by atoms with E-state index in [4.69, 9.17) is 0 Å². The first-order valence-corrected chi connectivity index (χ1v) is 11.3. The minimum Gasteiger partial charge on any atom is -0.363 e. The fraction of sp³-hybridized carbons (Fsp3) is 0.296. The number of hydrogen-bond acceptors (Lipinski definition) is 6. The quantitative estimate of drug-likeness (QED) is 0.408. The summed E-state index contributed by atoms with van der Waals surface area (Å²) in [5, 5.41) is 0. The zero-order chi connectivity index (χ0) is 23.2. The predicted molar refractivity (Wildman–Crippen MR) is 131 cm³/mol. The van der Waals surface area contributed by atoms with E-state index in [1.807, 2.05) is 49.4 Å². The lowest BCUT2D eigenvalue weighted by Gasteiger charge is -2.21. The molecule has 1 saturated heterocycles. The summed E-state index contributed by atoms with van der Waals surface area (Å²) >= 11 is 0. The number of nitrogens with zero attached hydrogens (tertiary/aromatic N) is 4. The summed E-state index contributed by atoms with van der Waals surface area (Å²) in [6.45, 7) is 5.35. The van der Waals surface area contributed by atoms with Gasteiger partial charge in [0.2, 0.25) is 0 Å². The summed E-state index contributed by atoms with van der Waals surface area (Å²) in [7, 11) is 0. The van der Waals surface area contributed by atoms with Crippen molar-refractivity contribution in [2.24, 2.45) is 10.9 Å². The van der Waals surface area contributed by atoms with Gasteiger partial charge in [0.15, 0.2) is 17.9 Å². The summed E-state index contributed by atoms with van der Waals surface area (Å²) < 4.78 is 0. The van der Waals surface area contributed by atoms with Crippen LogP contribution in [0.2, 0.25) is 0 Å². The number of pyridine rings is 2. The van der Waals surface area contributed by atoms with Gasteiger partial charge in [-0.2, -0.15) is 0 Å². The molecule has 1 unspecified atom stereocenters. The van der Waals surface area contributed by atoms with Crippen molar-refractivity contribution in [3.63, 3.8) is 0 Å². The molecule has 1 aliphatic rings. The molecule has 6 heteroatoms. The SMILES string of the molecule is Cc1cc(-c2ccc(CC(C=O)=Nc3ccc(N4CCC(C)CC(=O)C4)cn3)cc2)ccn1. The number of hydrogen-bond donors (Lipinski definition) is 0. The molecule has 0 aliphatic carbocycles. The molecule has 6 nitrogen and oxygen atoms in total. The molecule has 0 bridgehead atoms. The zero-order valence-electron chi connectivity index (χ0n) is 19.1. The first-order valence-electron chi connectivity index (χ1n) is 11.3. The number of carbonyl (C=O) groups excluding carboxylic acids is 2. The highest BCUT2D eigenvalue weighted by Gasteiger charge is 2.20. The number of aldehydes is 1. The standard InChI is InChI=1S/C27H28N4O2/c1-19-10-12-31(17-26(33)13-19)25-7-8-27(29-16-25)30-24(18-32)15-21-3-5-22(6-4-21)23-9-11-28-20(2)14-23/h3-9,11,14,16,18-19H,10,12-13,15,17H2,1-2H3. The maximum absolute atomic E-state index is 12.1. The molecule has 2 aromatic heterocycles. The van der Waals surface area contributed by atoms with Crippen LogP contribution in [0.4, 0.5) is 11.5 Å². The van der Waals surface area contributed by atoms with Gasteiger partial charge < -0.3 is 4.90 Å². The highest BCUT2D eigenvalue weighted by atomic mass is 16.1. The second-order valence-electron chi connectivity index (χ2n) is 8.71. The maximum atomic E-state index is 12.1. The number of carbonyl (C=O) groups is 2. The molecule has 1 atom stereocenters. The third-order valence-electron chi connectivity index (χ3n) is 5.90. The first kappa shape index (κ1) is 22.5. The number of anilines is 1. The second kappa shape index (κ2) is 10.3. The highest BCUT2D eigenvalue weighted by Crippen LogP contribution is 2.23. The van der Waals surface area contributed by atoms with Gasteiger partial charge >= 0.3 is 0 Å². The molecule has 3 heterocycles. The van der Waals surface area contributed by atoms with E-state index in [-0.39, 0.29) is 5.78 Å². The average molecular weight is 441 g/mol. The van der Waals surface area contributed by atoms with Crippen molar-refractivity contribution >= 4 is 29.3 Å². The molecular formula is C27H28N4O2. The molecular weight excluding hydrogens is 412 g/mol. The van der Waals surface area contributed by atoms with E-state index >= 15 is 0 Å². The van der Waals surface area contributed by atoms with Crippen LogP contribution in [-0.4, -0.2) is 40.8 Å². The second-order valence-corrected chi connectivity index (χ2v) is 8.71. The summed E-state index contributed by atoms with van der Waals surface area (Å²) in [5.41, 5.74) is 5.52. The molecule has 168 valence electrons. The van der Waals surface area contributed by atoms with Crippen molar-refractivity contribution in [2.45, 2.75) is 33.1 Å². The highest BCUT2D eigenvalue weighted by molar-refractivity contribution is 6.29. The Morgan fingerprint density at radius 1 is 1.12 bits per heavy atom. The Morgan fingerprint density at radius 2 is 1.94 bits per heavy atom. The molecule has 0 amide bonds. The molecule has 0 saturated carbocycles. The molecule has 1 aliphatic heterocycles. The zero-order valence-corrected chi connectivity index (χ0v) is 19.1. The Bertz CT molecular complexity index is 1150. The normalized spacial score (nSPS) is 17.0. The Morgan fingerprint density at radius 3 is 2.64 bits per heavy atom. The van der Waals surface area contributed by atoms with Crippen molar-refractivity contribution in [2.75, 3.05) is 18.0 Å². The van der Waals surface area contributed by atoms with Crippen LogP contribution in [0.3, 0.4) is 0 Å². The molecule has 0 radical (unpaired) electrons. The van der Waals surface area contributed by atoms with Gasteiger partial charge in [-0.25, -0.2) is 9.98 Å². The van der Waals surface area contributed by atoms with Gasteiger partial charge in [-0.05, 0) is 60.2 Å². The number of Topliss-reactive ketones (excluding diaryl/α,β-unsaturated/α-hetero) is 1. The molecule has 0 N–H and O–H groups in total. The number of rotatable bonds is 6. The van der Waals surface area contributed by atoms with Crippen LogP contribution in [0.25, 0.3) is 11.1 Å². The van der Waals surface area contributed by atoms with E-state index in [9.17, 15) is 9.59 Å². The van der Waals surface area contributed by atoms with E-state index in [0.29, 0.717) is 36.8 Å². The van der Waals surface area contributed by atoms with Gasteiger partial charge in [0, 0.05) is 31.3 Å². The lowest BCUT2D eigenvalue weighted by atomic mass is 10.0. The maximum Gasteiger partial charge on any atom is 0.164 e. The fourth-order valence-electron chi connectivity index (χ4n) is 4.08. The van der Waals surface area contributed by atoms with Crippen molar-refractivity contribution in [1.82, 2.24) is 9.97 Å². The number of benzene rings is 1. The van der Waals surface area contributed by atoms with E-state index in [0.717, 1.165) is 47.3 Å². The summed E-state index contributed by atoms with van der Waals surface area (Å²) in [6, 6.07) is 15.9. The van der Waals surface area contributed by atoms with Crippen molar-refractivity contribution < 1.29 is 9.59 Å². The van der Waals surface area contributed by atoms with Gasteiger partial charge in [-0.1, -0.05) is 31.2 Å². The third-order valence-corrected chi connectivity index (χ3v) is 5.90. The van der Waals surface area contributed by atoms with Gasteiger partial charge in [-0.15, -0.1) is 0 Å². The topological polar surface area (TPSA) is 75.5 Å². The lowest BCUT2D eigenvalue weighted by molar-refractivity contribution is -0.118. The summed E-state index contributed by atoms with van der Waals surface area (Å²) in [5.74, 6) is 1.16. The number of aryl methyl sites for hydroxylation is 1. The first-order chi connectivity index (χ1) is 16.0. The predicted octanol–water partition coefficient (Wildman–Crippen LogP) is 4.77. The van der Waals surface area contributed by atoms with Crippen LogP contribution in [-0.2, 0) is 16.0 Å². The lowest BCUT2D eigenvalue weighted by Crippen LogP contribution is -2.28. The molecule has 0 spiro atoms. The van der Waals surface area contributed by atoms with E-state index in [1.54, 1.807) is 18.5 Å².